The highest BCUT2D eigenvalue weighted by molar-refractivity contribution is 5.86. The molecule has 0 aliphatic carbocycles. The molecule has 0 atom stereocenters. The SMILES string of the molecule is C=C(C)CNCC(=C)C(=O)O. The average molecular weight is 155 g/mol. The Morgan fingerprint density at radius 3 is 2.36 bits per heavy atom. The van der Waals surface area contributed by atoms with E-state index in [4.69, 9.17) is 5.11 Å². The fourth-order valence-electron chi connectivity index (χ4n) is 0.502. The molecule has 0 amide bonds. The smallest absolute Gasteiger partial charge is 0.332 e. The van der Waals surface area contributed by atoms with Crippen molar-refractivity contribution in [1.29, 1.82) is 0 Å². The molecule has 0 fully saturated rings. The molecule has 0 aromatic heterocycles. The summed E-state index contributed by atoms with van der Waals surface area (Å²) in [5.74, 6) is -0.959. The predicted octanol–water partition coefficient (Wildman–Crippen LogP) is 0.793. The Labute approximate surface area is 66.4 Å². The number of hydrogen-bond donors (Lipinski definition) is 2. The summed E-state index contributed by atoms with van der Waals surface area (Å²) >= 11 is 0. The molecule has 0 aliphatic rings. The molecule has 0 aromatic carbocycles. The summed E-state index contributed by atoms with van der Waals surface area (Å²) < 4.78 is 0. The summed E-state index contributed by atoms with van der Waals surface area (Å²) in [7, 11) is 0. The van der Waals surface area contributed by atoms with Crippen molar-refractivity contribution in [2.45, 2.75) is 6.92 Å². The van der Waals surface area contributed by atoms with Gasteiger partial charge in [-0.15, -0.1) is 0 Å². The number of hydrogen-bond acceptors (Lipinski definition) is 2. The van der Waals surface area contributed by atoms with E-state index < -0.39 is 5.97 Å². The number of aliphatic carboxylic acids is 1. The van der Waals surface area contributed by atoms with E-state index in [1.807, 2.05) is 6.92 Å². The van der Waals surface area contributed by atoms with Gasteiger partial charge in [0.05, 0.1) is 0 Å². The fourth-order valence-corrected chi connectivity index (χ4v) is 0.502. The lowest BCUT2D eigenvalue weighted by atomic mass is 10.3. The van der Waals surface area contributed by atoms with Crippen molar-refractivity contribution in [2.75, 3.05) is 13.1 Å². The van der Waals surface area contributed by atoms with Crippen LogP contribution in [0.25, 0.3) is 0 Å². The highest BCUT2D eigenvalue weighted by Gasteiger charge is 2.01. The number of carboxylic acids is 1. The van der Waals surface area contributed by atoms with Crippen LogP contribution in [0.1, 0.15) is 6.92 Å². The van der Waals surface area contributed by atoms with Crippen LogP contribution < -0.4 is 5.32 Å². The van der Waals surface area contributed by atoms with E-state index in [1.54, 1.807) is 0 Å². The van der Waals surface area contributed by atoms with Gasteiger partial charge >= 0.3 is 5.97 Å². The molecular weight excluding hydrogens is 142 g/mol. The molecule has 0 radical (unpaired) electrons. The fraction of sp³-hybridized carbons (Fsp3) is 0.375. The molecule has 3 heteroatoms. The first-order valence-corrected chi connectivity index (χ1v) is 3.30. The van der Waals surface area contributed by atoms with Crippen molar-refractivity contribution in [2.24, 2.45) is 0 Å². The predicted molar refractivity (Wildman–Crippen MR) is 44.5 cm³/mol. The van der Waals surface area contributed by atoms with Gasteiger partial charge in [0.15, 0.2) is 0 Å². The molecule has 62 valence electrons. The largest absolute Gasteiger partial charge is 0.478 e. The van der Waals surface area contributed by atoms with Gasteiger partial charge < -0.3 is 10.4 Å². The van der Waals surface area contributed by atoms with E-state index in [0.29, 0.717) is 13.1 Å². The third-order valence-corrected chi connectivity index (χ3v) is 1.07. The molecule has 0 saturated heterocycles. The third kappa shape index (κ3) is 5.36. The Balaban J connectivity index is 3.47. The number of rotatable bonds is 5. The summed E-state index contributed by atoms with van der Waals surface area (Å²) in [4.78, 5) is 10.2. The van der Waals surface area contributed by atoms with Crippen LogP contribution in [0, 0.1) is 0 Å². The molecule has 0 spiro atoms. The van der Waals surface area contributed by atoms with Gasteiger partial charge in [0, 0.05) is 18.7 Å². The molecule has 11 heavy (non-hydrogen) atoms. The molecule has 0 unspecified atom stereocenters. The zero-order chi connectivity index (χ0) is 8.85. The van der Waals surface area contributed by atoms with Gasteiger partial charge in [0.25, 0.3) is 0 Å². The zero-order valence-corrected chi connectivity index (χ0v) is 6.68. The lowest BCUT2D eigenvalue weighted by molar-refractivity contribution is -0.132. The molecule has 0 bridgehead atoms. The Morgan fingerprint density at radius 1 is 1.45 bits per heavy atom. The van der Waals surface area contributed by atoms with Crippen LogP contribution in [0.15, 0.2) is 24.3 Å². The summed E-state index contributed by atoms with van der Waals surface area (Å²) in [5.41, 5.74) is 1.15. The molecule has 3 nitrogen and oxygen atoms in total. The Kier molecular flexibility index (Phi) is 4.22. The van der Waals surface area contributed by atoms with Gasteiger partial charge in [-0.3, -0.25) is 0 Å². The minimum absolute atomic E-state index is 0.172. The molecule has 0 heterocycles. The van der Waals surface area contributed by atoms with Gasteiger partial charge in [0.2, 0.25) is 0 Å². The van der Waals surface area contributed by atoms with Crippen molar-refractivity contribution in [3.8, 4) is 0 Å². The van der Waals surface area contributed by atoms with Gasteiger partial charge in [0.1, 0.15) is 0 Å². The second-order valence-electron chi connectivity index (χ2n) is 2.47. The Morgan fingerprint density at radius 2 is 2.00 bits per heavy atom. The summed E-state index contributed by atoms with van der Waals surface area (Å²) in [5, 5.41) is 11.3. The Bertz CT molecular complexity index is 185. The summed E-state index contributed by atoms with van der Waals surface area (Å²) in [6, 6.07) is 0. The van der Waals surface area contributed by atoms with Gasteiger partial charge in [-0.05, 0) is 6.92 Å². The first-order valence-electron chi connectivity index (χ1n) is 3.30. The lowest BCUT2D eigenvalue weighted by Gasteiger charge is -2.02. The monoisotopic (exact) mass is 155 g/mol. The molecule has 2 N–H and O–H groups in total. The van der Waals surface area contributed by atoms with Crippen LogP contribution in [0.3, 0.4) is 0 Å². The van der Waals surface area contributed by atoms with E-state index in [1.165, 1.54) is 0 Å². The van der Waals surface area contributed by atoms with Gasteiger partial charge in [-0.1, -0.05) is 18.7 Å². The topological polar surface area (TPSA) is 49.3 Å². The van der Waals surface area contributed by atoms with E-state index in [0.717, 1.165) is 5.57 Å². The van der Waals surface area contributed by atoms with Crippen LogP contribution in [0.2, 0.25) is 0 Å². The van der Waals surface area contributed by atoms with Crippen LogP contribution in [0.4, 0.5) is 0 Å². The number of nitrogens with one attached hydrogen (secondary N) is 1. The maximum absolute atomic E-state index is 10.2. The quantitative estimate of drug-likeness (QED) is 0.456. The van der Waals surface area contributed by atoms with E-state index >= 15 is 0 Å². The van der Waals surface area contributed by atoms with Crippen molar-refractivity contribution >= 4 is 5.97 Å². The van der Waals surface area contributed by atoms with Gasteiger partial charge in [-0.25, -0.2) is 4.79 Å². The third-order valence-electron chi connectivity index (χ3n) is 1.07. The van der Waals surface area contributed by atoms with Crippen LogP contribution in [-0.4, -0.2) is 24.2 Å². The minimum Gasteiger partial charge on any atom is -0.478 e. The van der Waals surface area contributed by atoms with Crippen LogP contribution >= 0.6 is 0 Å². The minimum atomic E-state index is -0.959. The lowest BCUT2D eigenvalue weighted by Crippen LogP contribution is -2.21. The van der Waals surface area contributed by atoms with Crippen LogP contribution in [0.5, 0.6) is 0 Å². The maximum Gasteiger partial charge on any atom is 0.332 e. The highest BCUT2D eigenvalue weighted by Crippen LogP contribution is 1.87. The second-order valence-corrected chi connectivity index (χ2v) is 2.47. The standard InChI is InChI=1S/C8H13NO2/c1-6(2)4-9-5-7(3)8(10)11/h9H,1,3-5H2,2H3,(H,10,11). The van der Waals surface area contributed by atoms with Crippen molar-refractivity contribution < 1.29 is 9.90 Å². The first kappa shape index (κ1) is 9.91. The van der Waals surface area contributed by atoms with Crippen molar-refractivity contribution in [3.05, 3.63) is 24.3 Å². The van der Waals surface area contributed by atoms with Crippen molar-refractivity contribution in [3.63, 3.8) is 0 Å². The highest BCUT2D eigenvalue weighted by atomic mass is 16.4. The number of carboxylic acid groups (broad SMARTS) is 1. The normalized spacial score (nSPS) is 9.18. The first-order chi connectivity index (χ1) is 5.04. The molecule has 0 aromatic rings. The molecular formula is C8H13NO2. The molecule has 0 aliphatic heterocycles. The van der Waals surface area contributed by atoms with Gasteiger partial charge in [-0.2, -0.15) is 0 Å². The molecule has 0 saturated carbocycles. The van der Waals surface area contributed by atoms with E-state index in [9.17, 15) is 4.79 Å². The maximum atomic E-state index is 10.2. The summed E-state index contributed by atoms with van der Waals surface area (Å²) in [6.07, 6.45) is 0. The van der Waals surface area contributed by atoms with Crippen molar-refractivity contribution in [1.82, 2.24) is 5.32 Å². The number of carbonyl (C=O) groups is 1. The van der Waals surface area contributed by atoms with E-state index in [2.05, 4.69) is 18.5 Å². The molecule has 0 rings (SSSR count). The Hall–Kier alpha value is -1.09. The van der Waals surface area contributed by atoms with Crippen LogP contribution in [-0.2, 0) is 4.79 Å². The second kappa shape index (κ2) is 4.68. The average Bonchev–Trinajstić information content (AvgIpc) is 1.86. The van der Waals surface area contributed by atoms with E-state index in [-0.39, 0.29) is 5.57 Å². The zero-order valence-electron chi connectivity index (χ0n) is 6.68. The summed E-state index contributed by atoms with van der Waals surface area (Å²) in [6.45, 7) is 9.83.